The second-order valence-electron chi connectivity index (χ2n) is 6.96. The van der Waals surface area contributed by atoms with E-state index in [0.717, 1.165) is 64.7 Å². The third-order valence-electron chi connectivity index (χ3n) is 4.85. The van der Waals surface area contributed by atoms with Crippen LogP contribution in [0, 0.1) is 6.92 Å². The zero-order chi connectivity index (χ0) is 18.9. The van der Waals surface area contributed by atoms with Gasteiger partial charge in [0.15, 0.2) is 5.96 Å². The molecule has 2 aromatic rings. The van der Waals surface area contributed by atoms with Crippen molar-refractivity contribution in [3.05, 3.63) is 35.5 Å². The molecule has 6 heteroatoms. The van der Waals surface area contributed by atoms with Crippen molar-refractivity contribution < 1.29 is 9.47 Å². The lowest BCUT2D eigenvalue weighted by Gasteiger charge is -2.12. The Hall–Kier alpha value is -2.05. The molecule has 0 spiro atoms. The summed E-state index contributed by atoms with van der Waals surface area (Å²) >= 11 is 0. The number of benzene rings is 1. The van der Waals surface area contributed by atoms with Crippen molar-refractivity contribution in [1.29, 1.82) is 0 Å². The van der Waals surface area contributed by atoms with Crippen molar-refractivity contribution in [3.63, 3.8) is 0 Å². The molecule has 2 heterocycles. The molecule has 0 radical (unpaired) electrons. The first-order chi connectivity index (χ1) is 13.3. The summed E-state index contributed by atoms with van der Waals surface area (Å²) in [6.45, 7) is 8.99. The fourth-order valence-corrected chi connectivity index (χ4v) is 3.38. The molecule has 1 aromatic carbocycles. The standard InChI is InChI=1S/C21H32N4O2/c1-3-22-21(23-10-5-12-27-18-9-13-26-15-18)24-11-8-17-14-25-20-16(2)6-4-7-19(17)20/h4,6-7,14,18,25H,3,5,8-13,15H2,1-2H3,(H2,22,23,24). The van der Waals surface area contributed by atoms with Crippen LogP contribution in [0.15, 0.2) is 29.4 Å². The van der Waals surface area contributed by atoms with E-state index in [1.54, 1.807) is 0 Å². The molecule has 27 heavy (non-hydrogen) atoms. The van der Waals surface area contributed by atoms with Gasteiger partial charge in [-0.15, -0.1) is 0 Å². The molecular weight excluding hydrogens is 340 g/mol. The Morgan fingerprint density at radius 1 is 1.37 bits per heavy atom. The molecular formula is C21H32N4O2. The average Bonchev–Trinajstić information content (AvgIpc) is 3.32. The summed E-state index contributed by atoms with van der Waals surface area (Å²) in [6.07, 6.45) is 5.29. The predicted octanol–water partition coefficient (Wildman–Crippen LogP) is 2.77. The number of aromatic nitrogens is 1. The lowest BCUT2D eigenvalue weighted by molar-refractivity contribution is 0.0424. The highest BCUT2D eigenvalue weighted by atomic mass is 16.5. The highest BCUT2D eigenvalue weighted by molar-refractivity contribution is 5.86. The summed E-state index contributed by atoms with van der Waals surface area (Å²) in [6, 6.07) is 6.44. The van der Waals surface area contributed by atoms with Gasteiger partial charge in [-0.25, -0.2) is 0 Å². The van der Waals surface area contributed by atoms with Crippen LogP contribution in [0.1, 0.15) is 30.9 Å². The molecule has 1 unspecified atom stereocenters. The van der Waals surface area contributed by atoms with Crippen LogP contribution >= 0.6 is 0 Å². The number of fused-ring (bicyclic) bond motifs is 1. The number of guanidine groups is 1. The topological polar surface area (TPSA) is 70.7 Å². The molecule has 0 aliphatic carbocycles. The molecule has 148 valence electrons. The molecule has 3 N–H and O–H groups in total. The molecule has 6 nitrogen and oxygen atoms in total. The number of para-hydroxylation sites is 1. The summed E-state index contributed by atoms with van der Waals surface area (Å²) < 4.78 is 11.1. The predicted molar refractivity (Wildman–Crippen MR) is 111 cm³/mol. The van der Waals surface area contributed by atoms with Crippen LogP contribution in [0.5, 0.6) is 0 Å². The molecule has 3 rings (SSSR count). The Kier molecular flexibility index (Phi) is 7.54. The lowest BCUT2D eigenvalue weighted by atomic mass is 10.1. The van der Waals surface area contributed by atoms with E-state index in [-0.39, 0.29) is 6.10 Å². The van der Waals surface area contributed by atoms with Gasteiger partial charge in [0.2, 0.25) is 0 Å². The zero-order valence-electron chi connectivity index (χ0n) is 16.5. The van der Waals surface area contributed by atoms with E-state index in [1.807, 2.05) is 0 Å². The van der Waals surface area contributed by atoms with Crippen LogP contribution in [-0.2, 0) is 15.9 Å². The summed E-state index contributed by atoms with van der Waals surface area (Å²) in [5.41, 5.74) is 3.86. The molecule has 1 aromatic heterocycles. The normalized spacial score (nSPS) is 17.6. The fourth-order valence-electron chi connectivity index (χ4n) is 3.38. The Morgan fingerprint density at radius 3 is 3.11 bits per heavy atom. The lowest BCUT2D eigenvalue weighted by Crippen LogP contribution is -2.38. The maximum absolute atomic E-state index is 5.79. The van der Waals surface area contributed by atoms with Gasteiger partial charge in [0, 0.05) is 49.9 Å². The number of rotatable bonds is 9. The molecule has 1 aliphatic heterocycles. The Balaban J connectivity index is 1.42. The van der Waals surface area contributed by atoms with Gasteiger partial charge in [-0.05, 0) is 44.2 Å². The van der Waals surface area contributed by atoms with Crippen LogP contribution in [0.4, 0.5) is 0 Å². The van der Waals surface area contributed by atoms with Gasteiger partial charge in [0.05, 0.1) is 12.7 Å². The van der Waals surface area contributed by atoms with Crippen LogP contribution < -0.4 is 10.6 Å². The van der Waals surface area contributed by atoms with Crippen molar-refractivity contribution in [2.75, 3.05) is 39.5 Å². The van der Waals surface area contributed by atoms with E-state index in [9.17, 15) is 0 Å². The van der Waals surface area contributed by atoms with E-state index in [2.05, 4.69) is 58.9 Å². The molecule has 1 saturated heterocycles. The number of nitrogens with one attached hydrogen (secondary N) is 3. The molecule has 1 aliphatic rings. The monoisotopic (exact) mass is 372 g/mol. The highest BCUT2D eigenvalue weighted by Gasteiger charge is 2.15. The first-order valence-electron chi connectivity index (χ1n) is 10.0. The number of aryl methyl sites for hydroxylation is 1. The summed E-state index contributed by atoms with van der Waals surface area (Å²) in [5.74, 6) is 0.873. The molecule has 1 atom stereocenters. The average molecular weight is 373 g/mol. The first-order valence-corrected chi connectivity index (χ1v) is 10.0. The molecule has 0 amide bonds. The minimum absolute atomic E-state index is 0.278. The molecule has 0 bridgehead atoms. The zero-order valence-corrected chi connectivity index (χ0v) is 16.5. The number of aliphatic imine (C=N–C) groups is 1. The second kappa shape index (κ2) is 10.3. The summed E-state index contributed by atoms with van der Waals surface area (Å²) in [4.78, 5) is 8.04. The Bertz CT molecular complexity index is 735. The minimum atomic E-state index is 0.278. The van der Waals surface area contributed by atoms with Gasteiger partial charge in [-0.3, -0.25) is 4.99 Å². The van der Waals surface area contributed by atoms with Gasteiger partial charge in [-0.2, -0.15) is 0 Å². The van der Waals surface area contributed by atoms with Crippen LogP contribution in [0.25, 0.3) is 10.9 Å². The van der Waals surface area contributed by atoms with E-state index in [0.29, 0.717) is 0 Å². The second-order valence-corrected chi connectivity index (χ2v) is 6.96. The number of hydrogen-bond acceptors (Lipinski definition) is 3. The Morgan fingerprint density at radius 2 is 2.30 bits per heavy atom. The number of H-pyrrole nitrogens is 1. The Labute approximate surface area is 161 Å². The van der Waals surface area contributed by atoms with Crippen molar-refractivity contribution in [1.82, 2.24) is 15.6 Å². The number of nitrogens with zero attached hydrogens (tertiary/aromatic N) is 1. The third-order valence-corrected chi connectivity index (χ3v) is 4.85. The van der Waals surface area contributed by atoms with Gasteiger partial charge >= 0.3 is 0 Å². The fraction of sp³-hybridized carbons (Fsp3) is 0.571. The maximum atomic E-state index is 5.79. The van der Waals surface area contributed by atoms with E-state index < -0.39 is 0 Å². The first kappa shape index (κ1) is 19.7. The number of ether oxygens (including phenoxy) is 2. The summed E-state index contributed by atoms with van der Waals surface area (Å²) in [7, 11) is 0. The van der Waals surface area contributed by atoms with Crippen LogP contribution in [0.3, 0.4) is 0 Å². The summed E-state index contributed by atoms with van der Waals surface area (Å²) in [5, 5.41) is 8.06. The van der Waals surface area contributed by atoms with Crippen molar-refractivity contribution in [3.8, 4) is 0 Å². The maximum Gasteiger partial charge on any atom is 0.191 e. The van der Waals surface area contributed by atoms with Gasteiger partial charge in [-0.1, -0.05) is 18.2 Å². The third kappa shape index (κ3) is 5.71. The van der Waals surface area contributed by atoms with E-state index in [1.165, 1.54) is 22.0 Å². The smallest absolute Gasteiger partial charge is 0.191 e. The van der Waals surface area contributed by atoms with Gasteiger partial charge in [0.1, 0.15) is 0 Å². The van der Waals surface area contributed by atoms with Crippen molar-refractivity contribution in [2.24, 2.45) is 4.99 Å². The van der Waals surface area contributed by atoms with E-state index >= 15 is 0 Å². The van der Waals surface area contributed by atoms with E-state index in [4.69, 9.17) is 9.47 Å². The van der Waals surface area contributed by atoms with Gasteiger partial charge in [0.25, 0.3) is 0 Å². The van der Waals surface area contributed by atoms with Crippen molar-refractivity contribution >= 4 is 16.9 Å². The van der Waals surface area contributed by atoms with Gasteiger partial charge < -0.3 is 25.1 Å². The molecule has 1 fully saturated rings. The highest BCUT2D eigenvalue weighted by Crippen LogP contribution is 2.21. The largest absolute Gasteiger partial charge is 0.379 e. The SMILES string of the molecule is CCNC(=NCCCOC1CCOC1)NCCc1c[nH]c2c(C)cccc12. The number of hydrogen-bond donors (Lipinski definition) is 3. The van der Waals surface area contributed by atoms with Crippen LogP contribution in [-0.4, -0.2) is 56.5 Å². The molecule has 0 saturated carbocycles. The van der Waals surface area contributed by atoms with Crippen molar-refractivity contribution in [2.45, 2.75) is 39.2 Å². The van der Waals surface area contributed by atoms with Crippen LogP contribution in [0.2, 0.25) is 0 Å². The minimum Gasteiger partial charge on any atom is -0.379 e. The quantitative estimate of drug-likeness (QED) is 0.360. The number of aromatic amines is 1.